The zero-order chi connectivity index (χ0) is 13.4. The maximum atomic E-state index is 11.5. The van der Waals surface area contributed by atoms with E-state index in [0.29, 0.717) is 19.2 Å². The lowest BCUT2D eigenvalue weighted by atomic mass is 10.1. The van der Waals surface area contributed by atoms with Gasteiger partial charge in [0.15, 0.2) is 0 Å². The number of hydrogen-bond acceptors (Lipinski definition) is 5. The van der Waals surface area contributed by atoms with Crippen molar-refractivity contribution in [3.63, 3.8) is 0 Å². The molecule has 1 aliphatic heterocycles. The average molecular weight is 258 g/mol. The summed E-state index contributed by atoms with van der Waals surface area (Å²) in [7, 11) is 0. The second-order valence-electron chi connectivity index (χ2n) is 4.88. The molecule has 2 unspecified atom stereocenters. The summed E-state index contributed by atoms with van der Waals surface area (Å²) in [5.74, 6) is -0.208. The van der Waals surface area contributed by atoms with Gasteiger partial charge in [0, 0.05) is 32.2 Å². The molecule has 0 saturated carbocycles. The summed E-state index contributed by atoms with van der Waals surface area (Å²) in [6, 6.07) is 0.375. The molecule has 1 rings (SSSR count). The predicted molar refractivity (Wildman–Crippen MR) is 70.5 cm³/mol. The molecule has 5 heteroatoms. The van der Waals surface area contributed by atoms with Crippen LogP contribution in [0.5, 0.6) is 0 Å². The monoisotopic (exact) mass is 258 g/mol. The normalized spacial score (nSPS) is 20.4. The summed E-state index contributed by atoms with van der Waals surface area (Å²) < 4.78 is 10.3. The minimum Gasteiger partial charge on any atom is -0.466 e. The Kier molecular flexibility index (Phi) is 7.23. The van der Waals surface area contributed by atoms with Gasteiger partial charge in [0.1, 0.15) is 0 Å². The highest BCUT2D eigenvalue weighted by atomic mass is 16.5. The Labute approximate surface area is 110 Å². The number of rotatable bonds is 7. The van der Waals surface area contributed by atoms with Crippen LogP contribution in [0.1, 0.15) is 20.8 Å². The van der Waals surface area contributed by atoms with Gasteiger partial charge in [0.2, 0.25) is 0 Å². The molecule has 18 heavy (non-hydrogen) atoms. The number of nitrogens with zero attached hydrogens (tertiary/aromatic N) is 1. The van der Waals surface area contributed by atoms with E-state index in [1.165, 1.54) is 0 Å². The Morgan fingerprint density at radius 2 is 2.06 bits per heavy atom. The Bertz CT molecular complexity index is 242. The lowest BCUT2D eigenvalue weighted by molar-refractivity contribution is -0.147. The number of morpholine rings is 1. The van der Waals surface area contributed by atoms with Gasteiger partial charge >= 0.3 is 5.97 Å². The van der Waals surface area contributed by atoms with E-state index < -0.39 is 0 Å². The molecule has 1 fully saturated rings. The number of nitrogens with one attached hydrogen (secondary N) is 1. The van der Waals surface area contributed by atoms with Crippen LogP contribution in [0.3, 0.4) is 0 Å². The largest absolute Gasteiger partial charge is 0.466 e. The Morgan fingerprint density at radius 1 is 1.39 bits per heavy atom. The van der Waals surface area contributed by atoms with Gasteiger partial charge < -0.3 is 14.8 Å². The smallest absolute Gasteiger partial charge is 0.309 e. The molecule has 5 nitrogen and oxygen atoms in total. The van der Waals surface area contributed by atoms with Crippen molar-refractivity contribution in [1.29, 1.82) is 0 Å². The predicted octanol–water partition coefficient (Wildman–Crippen LogP) is 0.496. The van der Waals surface area contributed by atoms with Gasteiger partial charge in [0.05, 0.1) is 25.7 Å². The van der Waals surface area contributed by atoms with Gasteiger partial charge in [0.25, 0.3) is 0 Å². The van der Waals surface area contributed by atoms with Crippen LogP contribution in [0.15, 0.2) is 0 Å². The van der Waals surface area contributed by atoms with Gasteiger partial charge in [-0.1, -0.05) is 6.92 Å². The van der Waals surface area contributed by atoms with Crippen LogP contribution in [0.4, 0.5) is 0 Å². The van der Waals surface area contributed by atoms with Gasteiger partial charge in [-0.2, -0.15) is 0 Å². The first-order valence-electron chi connectivity index (χ1n) is 6.83. The lowest BCUT2D eigenvalue weighted by Gasteiger charge is -2.29. The van der Waals surface area contributed by atoms with Gasteiger partial charge in [-0.05, 0) is 13.8 Å². The molecule has 106 valence electrons. The van der Waals surface area contributed by atoms with Gasteiger partial charge in [-0.15, -0.1) is 0 Å². The number of esters is 1. The number of ether oxygens (including phenoxy) is 2. The highest BCUT2D eigenvalue weighted by Gasteiger charge is 2.17. The van der Waals surface area contributed by atoms with E-state index in [1.54, 1.807) is 0 Å². The molecule has 1 saturated heterocycles. The topological polar surface area (TPSA) is 50.8 Å². The highest BCUT2D eigenvalue weighted by molar-refractivity contribution is 5.72. The van der Waals surface area contributed by atoms with Crippen molar-refractivity contribution < 1.29 is 14.3 Å². The van der Waals surface area contributed by atoms with Crippen molar-refractivity contribution in [2.24, 2.45) is 5.92 Å². The third-order valence-corrected chi connectivity index (χ3v) is 3.10. The third-order valence-electron chi connectivity index (χ3n) is 3.10. The number of carbonyl (C=O) groups is 1. The quantitative estimate of drug-likeness (QED) is 0.674. The van der Waals surface area contributed by atoms with Crippen LogP contribution in [-0.2, 0) is 14.3 Å². The molecule has 2 atom stereocenters. The Balaban J connectivity index is 2.15. The van der Waals surface area contributed by atoms with Crippen LogP contribution in [0.2, 0.25) is 0 Å². The van der Waals surface area contributed by atoms with E-state index in [-0.39, 0.29) is 11.9 Å². The molecule has 1 heterocycles. The van der Waals surface area contributed by atoms with E-state index >= 15 is 0 Å². The van der Waals surface area contributed by atoms with Crippen molar-refractivity contribution in [2.75, 3.05) is 46.0 Å². The van der Waals surface area contributed by atoms with Crippen molar-refractivity contribution in [2.45, 2.75) is 26.8 Å². The summed E-state index contributed by atoms with van der Waals surface area (Å²) in [5.41, 5.74) is 0. The van der Waals surface area contributed by atoms with Crippen molar-refractivity contribution in [1.82, 2.24) is 10.2 Å². The minimum absolute atomic E-state index is 0.0860. The van der Waals surface area contributed by atoms with E-state index in [4.69, 9.17) is 9.47 Å². The molecule has 0 aromatic rings. The molecule has 0 bridgehead atoms. The summed E-state index contributed by atoms with van der Waals surface area (Å²) in [6.07, 6.45) is 0. The summed E-state index contributed by atoms with van der Waals surface area (Å²) >= 11 is 0. The van der Waals surface area contributed by atoms with Crippen LogP contribution >= 0.6 is 0 Å². The fourth-order valence-electron chi connectivity index (χ4n) is 1.98. The summed E-state index contributed by atoms with van der Waals surface area (Å²) in [5, 5.41) is 3.39. The van der Waals surface area contributed by atoms with Crippen LogP contribution in [-0.4, -0.2) is 62.9 Å². The SMILES string of the molecule is CCOC(=O)C(C)CNC(C)CN1CCOCC1. The molecule has 0 spiro atoms. The third kappa shape index (κ3) is 5.80. The molecular formula is C13H26N2O3. The van der Waals surface area contributed by atoms with E-state index in [2.05, 4.69) is 17.1 Å². The van der Waals surface area contributed by atoms with E-state index in [9.17, 15) is 4.79 Å². The minimum atomic E-state index is -0.122. The molecule has 0 aromatic carbocycles. The average Bonchev–Trinajstić information content (AvgIpc) is 2.37. The molecule has 0 amide bonds. The fourth-order valence-corrected chi connectivity index (χ4v) is 1.98. The summed E-state index contributed by atoms with van der Waals surface area (Å²) in [6.45, 7) is 11.6. The van der Waals surface area contributed by atoms with Crippen LogP contribution < -0.4 is 5.32 Å². The van der Waals surface area contributed by atoms with Crippen LogP contribution in [0, 0.1) is 5.92 Å². The zero-order valence-electron chi connectivity index (χ0n) is 11.8. The van der Waals surface area contributed by atoms with Crippen molar-refractivity contribution >= 4 is 5.97 Å². The number of carbonyl (C=O) groups excluding carboxylic acids is 1. The molecule has 1 aliphatic rings. The second kappa shape index (κ2) is 8.45. The zero-order valence-corrected chi connectivity index (χ0v) is 11.8. The fraction of sp³-hybridized carbons (Fsp3) is 0.923. The molecular weight excluding hydrogens is 232 g/mol. The maximum absolute atomic E-state index is 11.5. The molecule has 0 aliphatic carbocycles. The van der Waals surface area contributed by atoms with E-state index in [0.717, 1.165) is 32.8 Å². The highest BCUT2D eigenvalue weighted by Crippen LogP contribution is 2.01. The van der Waals surface area contributed by atoms with E-state index in [1.807, 2.05) is 13.8 Å². The Hall–Kier alpha value is -0.650. The standard InChI is InChI=1S/C13H26N2O3/c1-4-18-13(16)11(2)9-14-12(3)10-15-5-7-17-8-6-15/h11-12,14H,4-10H2,1-3H3. The first kappa shape index (κ1) is 15.4. The molecule has 1 N–H and O–H groups in total. The molecule has 0 aromatic heterocycles. The van der Waals surface area contributed by atoms with Gasteiger partial charge in [-0.3, -0.25) is 9.69 Å². The first-order chi connectivity index (χ1) is 8.63. The van der Waals surface area contributed by atoms with Crippen LogP contribution in [0.25, 0.3) is 0 Å². The first-order valence-corrected chi connectivity index (χ1v) is 6.83. The van der Waals surface area contributed by atoms with Crippen molar-refractivity contribution in [3.8, 4) is 0 Å². The molecule has 0 radical (unpaired) electrons. The lowest BCUT2D eigenvalue weighted by Crippen LogP contribution is -2.45. The Morgan fingerprint density at radius 3 is 2.67 bits per heavy atom. The summed E-state index contributed by atoms with van der Waals surface area (Å²) in [4.78, 5) is 13.8. The second-order valence-corrected chi connectivity index (χ2v) is 4.88. The number of hydrogen-bond donors (Lipinski definition) is 1. The van der Waals surface area contributed by atoms with Crippen molar-refractivity contribution in [3.05, 3.63) is 0 Å². The van der Waals surface area contributed by atoms with Gasteiger partial charge in [-0.25, -0.2) is 0 Å². The maximum Gasteiger partial charge on any atom is 0.309 e.